The van der Waals surface area contributed by atoms with Crippen LogP contribution in [0.3, 0.4) is 0 Å². The molecule has 5 unspecified atom stereocenters. The third-order valence-corrected chi connectivity index (χ3v) is 14.5. The lowest BCUT2D eigenvalue weighted by atomic mass is 9.78. The molecular formula is C41H36N4O9S2. The van der Waals surface area contributed by atoms with Crippen LogP contribution < -0.4 is 26.1 Å². The minimum atomic E-state index is -1.14. The predicted octanol–water partition coefficient (Wildman–Crippen LogP) is 4.81. The van der Waals surface area contributed by atoms with Gasteiger partial charge in [-0.15, -0.1) is 23.5 Å². The van der Waals surface area contributed by atoms with E-state index < -0.39 is 43.2 Å². The molecule has 0 fully saturated rings. The molecule has 0 bridgehead atoms. The molecule has 3 aliphatic heterocycles. The highest BCUT2D eigenvalue weighted by molar-refractivity contribution is 7.99. The molecule has 286 valence electrons. The molecule has 15 heteroatoms. The summed E-state index contributed by atoms with van der Waals surface area (Å²) in [5.74, 6) is -3.35. The standard InChI is InChI=1S/C41H36N4O9S2/c1-13-8-15-23-26-24(16(9-46)38-34(44-20(11-55-38)40(50)51)30(26)33-32(15)42-18-6-4-5-7-19(18)43-33)25-17(10-47)39-35(45-21(12-56-39)41(52)53)31-28(25)27(23)29(22(13)14(2)48)37(54-3)36(31)49/h4-5,8,18-22,42-43,46-47,49H,6-7,9-12H2,1-3H3,(H,50,51)(H,52,53). The fourth-order valence-electron chi connectivity index (χ4n) is 9.89. The Kier molecular flexibility index (Phi) is 7.86. The lowest BCUT2D eigenvalue weighted by molar-refractivity contribution is -0.138. The van der Waals surface area contributed by atoms with E-state index in [-0.39, 0.29) is 51.6 Å². The van der Waals surface area contributed by atoms with E-state index >= 15 is 0 Å². The maximum absolute atomic E-state index is 14.0. The van der Waals surface area contributed by atoms with Gasteiger partial charge in [0.15, 0.2) is 23.6 Å². The maximum atomic E-state index is 14.0. The van der Waals surface area contributed by atoms with Gasteiger partial charge in [-0.3, -0.25) is 14.8 Å². The van der Waals surface area contributed by atoms with Gasteiger partial charge in [-0.2, -0.15) is 0 Å². The van der Waals surface area contributed by atoms with Crippen molar-refractivity contribution in [2.75, 3.05) is 29.2 Å². The Morgan fingerprint density at radius 2 is 1.32 bits per heavy atom. The number of aliphatic hydroxyl groups excluding tert-OH is 2. The van der Waals surface area contributed by atoms with Crippen molar-refractivity contribution in [2.45, 2.75) is 79.8 Å². The summed E-state index contributed by atoms with van der Waals surface area (Å²) in [4.78, 5) is 49.6. The summed E-state index contributed by atoms with van der Waals surface area (Å²) in [6.07, 6.45) is 7.76. The molecule has 0 spiro atoms. The zero-order valence-corrected chi connectivity index (χ0v) is 32.1. The minimum absolute atomic E-state index is 0.000523. The van der Waals surface area contributed by atoms with Gasteiger partial charge >= 0.3 is 11.9 Å². The number of nitrogens with one attached hydrogen (secondary N) is 2. The van der Waals surface area contributed by atoms with Crippen LogP contribution in [0.2, 0.25) is 0 Å². The number of aliphatic carboxylic acids is 2. The van der Waals surface area contributed by atoms with E-state index in [0.717, 1.165) is 29.8 Å². The third-order valence-electron chi connectivity index (χ3n) is 12.1. The number of aliphatic hydroxyl groups is 2. The van der Waals surface area contributed by atoms with Crippen LogP contribution in [0.15, 0.2) is 37.5 Å². The number of allylic oxidation sites excluding steroid dienone is 1. The number of Topliss-reactive ketones (excluding diaryl/α,β-unsaturated/α-hetero) is 1. The van der Waals surface area contributed by atoms with Gasteiger partial charge in [0, 0.05) is 65.1 Å². The van der Waals surface area contributed by atoms with Crippen molar-refractivity contribution < 1.29 is 44.7 Å². The molecule has 0 radical (unpaired) electrons. The van der Waals surface area contributed by atoms with Crippen LogP contribution in [-0.4, -0.2) is 86.0 Å². The van der Waals surface area contributed by atoms with Crippen molar-refractivity contribution in [2.24, 2.45) is 9.98 Å². The van der Waals surface area contributed by atoms with E-state index in [1.54, 1.807) is 0 Å². The number of hydrogen-bond donors (Lipinski definition) is 7. The molecule has 2 aliphatic carbocycles. The second-order valence-corrected chi connectivity index (χ2v) is 17.1. The smallest absolute Gasteiger partial charge is 0.329 e. The van der Waals surface area contributed by atoms with Crippen molar-refractivity contribution >= 4 is 102 Å². The van der Waals surface area contributed by atoms with Crippen molar-refractivity contribution in [3.05, 3.63) is 50.7 Å². The van der Waals surface area contributed by atoms with E-state index in [2.05, 4.69) is 22.8 Å². The number of phenolic OH excluding ortho intramolecular Hbond substituents is 1. The molecule has 5 aromatic rings. The molecule has 7 N–H and O–H groups in total. The number of anilines is 2. The van der Waals surface area contributed by atoms with Crippen LogP contribution in [0.25, 0.3) is 49.2 Å². The summed E-state index contributed by atoms with van der Waals surface area (Å²) in [6.45, 7) is 2.41. The Morgan fingerprint density at radius 1 is 0.786 bits per heavy atom. The number of methoxy groups -OCH3 is 1. The number of carboxylic acids is 2. The predicted molar refractivity (Wildman–Crippen MR) is 215 cm³/mol. The van der Waals surface area contributed by atoms with Crippen molar-refractivity contribution in [3.63, 3.8) is 0 Å². The molecular weight excluding hydrogens is 757 g/mol. The van der Waals surface area contributed by atoms with Crippen LogP contribution in [-0.2, 0) is 27.6 Å². The highest BCUT2D eigenvalue weighted by Gasteiger charge is 2.41. The van der Waals surface area contributed by atoms with Crippen LogP contribution in [0, 0.1) is 0 Å². The second kappa shape index (κ2) is 12.5. The van der Waals surface area contributed by atoms with Crippen LogP contribution >= 0.6 is 23.5 Å². The van der Waals surface area contributed by atoms with E-state index in [9.17, 15) is 39.9 Å². The molecule has 56 heavy (non-hydrogen) atoms. The van der Waals surface area contributed by atoms with Gasteiger partial charge in [0.1, 0.15) is 5.78 Å². The number of carboxylic acid groups (broad SMARTS) is 2. The fourth-order valence-corrected chi connectivity index (χ4v) is 12.2. The molecule has 5 aliphatic rings. The Bertz CT molecular complexity index is 2890. The van der Waals surface area contributed by atoms with Crippen molar-refractivity contribution in [3.8, 4) is 11.5 Å². The third kappa shape index (κ3) is 4.50. The van der Waals surface area contributed by atoms with Gasteiger partial charge in [0.25, 0.3) is 0 Å². The summed E-state index contributed by atoms with van der Waals surface area (Å²) >= 11 is 2.53. The highest BCUT2D eigenvalue weighted by atomic mass is 32.2. The zero-order chi connectivity index (χ0) is 39.1. The monoisotopic (exact) mass is 792 g/mol. The quantitative estimate of drug-likeness (QED) is 0.0701. The first-order chi connectivity index (χ1) is 27.0. The number of aromatic hydroxyl groups is 1. The summed E-state index contributed by atoms with van der Waals surface area (Å²) in [7, 11) is 1.41. The molecule has 0 saturated carbocycles. The van der Waals surface area contributed by atoms with Gasteiger partial charge in [0.2, 0.25) is 0 Å². The number of fused-ring (bicyclic) bond motifs is 9. The molecule has 0 aromatic heterocycles. The SMILES string of the molecule is COc1c(O)c2c3c(c(CO)c4c5c(CO)c6c(c7c8c(c9c(c(c1C(C(C)=O)C(C)=C9)c24)c75)NC1CC=CCC1N8)=NC(C(=O)O)CS6)SCC(C(=O)O)N=3. The molecule has 10 rings (SSSR count). The first-order valence-electron chi connectivity index (χ1n) is 18.4. The Labute approximate surface area is 326 Å². The largest absolute Gasteiger partial charge is 0.504 e. The molecule has 3 heterocycles. The summed E-state index contributed by atoms with van der Waals surface area (Å²) in [6, 6.07) is -2.20. The van der Waals surface area contributed by atoms with E-state index in [1.807, 2.05) is 13.0 Å². The van der Waals surface area contributed by atoms with E-state index in [1.165, 1.54) is 37.6 Å². The van der Waals surface area contributed by atoms with Gasteiger partial charge in [-0.1, -0.05) is 23.8 Å². The molecule has 0 amide bonds. The normalized spacial score (nSPS) is 23.3. The second-order valence-electron chi connectivity index (χ2n) is 15.1. The number of ether oxygens (including phenoxy) is 1. The number of nitrogens with zero attached hydrogens (tertiary/aromatic N) is 2. The topological polar surface area (TPSA) is 210 Å². The lowest BCUT2D eigenvalue weighted by Crippen LogP contribution is -2.44. The van der Waals surface area contributed by atoms with Crippen LogP contribution in [0.1, 0.15) is 54.9 Å². The number of carbonyl (C=O) groups is 3. The van der Waals surface area contributed by atoms with E-state index in [4.69, 9.17) is 14.7 Å². The number of phenols is 1. The van der Waals surface area contributed by atoms with Gasteiger partial charge < -0.3 is 40.9 Å². The van der Waals surface area contributed by atoms with Crippen molar-refractivity contribution in [1.29, 1.82) is 0 Å². The molecule has 13 nitrogen and oxygen atoms in total. The van der Waals surface area contributed by atoms with Gasteiger partial charge in [-0.25, -0.2) is 9.59 Å². The number of ketones is 1. The minimum Gasteiger partial charge on any atom is -0.504 e. The van der Waals surface area contributed by atoms with Gasteiger partial charge in [-0.05, 0) is 42.8 Å². The zero-order valence-electron chi connectivity index (χ0n) is 30.4. The average molecular weight is 793 g/mol. The van der Waals surface area contributed by atoms with Crippen LogP contribution in [0.4, 0.5) is 11.4 Å². The summed E-state index contributed by atoms with van der Waals surface area (Å²) < 4.78 is 6.05. The summed E-state index contributed by atoms with van der Waals surface area (Å²) in [5.41, 5.74) is 4.24. The molecule has 5 atom stereocenters. The molecule has 5 aromatic carbocycles. The van der Waals surface area contributed by atoms with E-state index in [0.29, 0.717) is 75.1 Å². The lowest BCUT2D eigenvalue weighted by Gasteiger charge is -2.39. The highest BCUT2D eigenvalue weighted by Crippen LogP contribution is 2.59. The fraction of sp³-hybridized carbons (Fsp3) is 0.341. The average Bonchev–Trinajstić information content (AvgIpc) is 3.32. The van der Waals surface area contributed by atoms with Crippen molar-refractivity contribution in [1.82, 2.24) is 0 Å². The first-order valence-corrected chi connectivity index (χ1v) is 20.4. The number of benzene rings is 5. The maximum Gasteiger partial charge on any atom is 0.329 e. The number of rotatable bonds is 6. The number of hydrogen-bond acceptors (Lipinski definition) is 13. The number of carbonyl (C=O) groups excluding carboxylic acids is 1. The van der Waals surface area contributed by atoms with Crippen LogP contribution in [0.5, 0.6) is 11.5 Å². The Balaban J connectivity index is 1.60. The molecule has 0 saturated heterocycles. The summed E-state index contributed by atoms with van der Waals surface area (Å²) in [5, 5.41) is 68.4. The first kappa shape index (κ1) is 35.3. The Morgan fingerprint density at radius 3 is 1.84 bits per heavy atom. The van der Waals surface area contributed by atoms with Gasteiger partial charge in [0.05, 0.1) is 65.8 Å². The number of thioether (sulfide) groups is 2. The Hall–Kier alpha value is -5.09.